The number of amides is 4. The van der Waals surface area contributed by atoms with Gasteiger partial charge in [0, 0.05) is 24.2 Å². The summed E-state index contributed by atoms with van der Waals surface area (Å²) < 4.78 is 13.0. The third-order valence-electron chi connectivity index (χ3n) is 13.6. The van der Waals surface area contributed by atoms with Crippen molar-refractivity contribution in [3.63, 3.8) is 0 Å². The molecule has 72 heavy (non-hydrogen) atoms. The first kappa shape index (κ1) is 50.5. The highest BCUT2D eigenvalue weighted by Crippen LogP contribution is 2.38. The molecule has 0 spiro atoms. The highest BCUT2D eigenvalue weighted by Gasteiger charge is 2.41. The van der Waals surface area contributed by atoms with E-state index in [-0.39, 0.29) is 48.3 Å². The molecule has 2 fully saturated rings. The molecule has 4 heterocycles. The van der Waals surface area contributed by atoms with Crippen LogP contribution in [0.5, 0.6) is 0 Å². The van der Waals surface area contributed by atoms with Crippen LogP contribution in [0.1, 0.15) is 97.8 Å². The van der Waals surface area contributed by atoms with Crippen LogP contribution in [-0.2, 0) is 31.9 Å². The molecule has 4 atom stereocenters. The van der Waals surface area contributed by atoms with Gasteiger partial charge in [0.1, 0.15) is 23.7 Å². The van der Waals surface area contributed by atoms with Crippen LogP contribution in [0.25, 0.3) is 33.6 Å². The van der Waals surface area contributed by atoms with E-state index < -0.39 is 36.4 Å². The van der Waals surface area contributed by atoms with E-state index in [1.54, 1.807) is 31.3 Å². The number of nitrogens with one attached hydrogen (secondary N) is 2. The van der Waals surface area contributed by atoms with E-state index in [0.717, 1.165) is 33.4 Å². The maximum absolute atomic E-state index is 14.4. The number of hydrogen-bond donors (Lipinski definition) is 2. The lowest BCUT2D eigenvalue weighted by atomic mass is 10.0. The lowest BCUT2D eigenvalue weighted by Crippen LogP contribution is -2.51. The molecule has 0 radical (unpaired) electrons. The number of ether oxygens (including phenoxy) is 2. The Balaban J connectivity index is 1.09. The Morgan fingerprint density at radius 1 is 0.528 bits per heavy atom. The molecular weight excluding hydrogens is 913 g/mol. The van der Waals surface area contributed by atoms with Crippen LogP contribution in [0.2, 0.25) is 0 Å². The Bertz CT molecular complexity index is 2700. The molecule has 6 aromatic rings. The topological polar surface area (TPSA) is 187 Å². The van der Waals surface area contributed by atoms with Crippen molar-refractivity contribution in [3.05, 3.63) is 144 Å². The summed E-state index contributed by atoms with van der Waals surface area (Å²) in [5.74, 6) is -0.422. The second kappa shape index (κ2) is 22.5. The van der Waals surface area contributed by atoms with Gasteiger partial charge in [-0.25, -0.2) is 19.6 Å². The number of alkyl carbamates (subject to hydrolysis) is 2. The van der Waals surface area contributed by atoms with Gasteiger partial charge in [-0.3, -0.25) is 28.3 Å². The van der Waals surface area contributed by atoms with Gasteiger partial charge in [0.15, 0.2) is 0 Å². The van der Waals surface area contributed by atoms with Gasteiger partial charge in [0.2, 0.25) is 23.6 Å². The average Bonchev–Trinajstić information content (AvgIpc) is 4.24. The summed E-state index contributed by atoms with van der Waals surface area (Å²) in [5, 5.41) is 5.40. The van der Waals surface area contributed by atoms with E-state index in [1.165, 1.54) is 14.2 Å². The summed E-state index contributed by atoms with van der Waals surface area (Å²) >= 11 is 0. The van der Waals surface area contributed by atoms with Gasteiger partial charge >= 0.3 is 12.2 Å². The van der Waals surface area contributed by atoms with Crippen molar-refractivity contribution in [1.82, 2.24) is 39.5 Å². The SMILES string of the molecule is COC(=O)N[C@H](C(=O)N1CCC[C@@H]1c1ncc(-c2ccc(-c3ccc(-c4cnc([C@H]5CCCN5C(=O)[C@@H](NC(=O)OC)C(C)C)n4C(=O)Cc4ccccc4)cc3)cc2)n1C(=O)Cc1ccccc1)C(C)C. The molecule has 8 rings (SSSR count). The molecule has 0 bridgehead atoms. The van der Waals surface area contributed by atoms with Gasteiger partial charge in [-0.05, 0) is 59.8 Å². The zero-order valence-electron chi connectivity index (χ0n) is 41.6. The second-order valence-electron chi connectivity index (χ2n) is 19.0. The van der Waals surface area contributed by atoms with Crippen molar-refractivity contribution >= 4 is 35.8 Å². The van der Waals surface area contributed by atoms with Crippen LogP contribution in [0.3, 0.4) is 0 Å². The molecule has 4 amide bonds. The van der Waals surface area contributed by atoms with Gasteiger partial charge in [-0.15, -0.1) is 0 Å². The summed E-state index contributed by atoms with van der Waals surface area (Å²) in [6.45, 7) is 8.34. The number of carbonyl (C=O) groups is 6. The summed E-state index contributed by atoms with van der Waals surface area (Å²) in [6.07, 6.45) is 4.81. The Morgan fingerprint density at radius 2 is 0.875 bits per heavy atom. The van der Waals surface area contributed by atoms with Crippen molar-refractivity contribution in [3.8, 4) is 33.6 Å². The van der Waals surface area contributed by atoms with Crippen LogP contribution in [0, 0.1) is 11.8 Å². The van der Waals surface area contributed by atoms with Crippen molar-refractivity contribution < 1.29 is 38.2 Å². The van der Waals surface area contributed by atoms with Gasteiger partial charge in [0.05, 0.1) is 62.9 Å². The van der Waals surface area contributed by atoms with Crippen LogP contribution in [0.15, 0.2) is 122 Å². The molecule has 2 aliphatic heterocycles. The number of imidazole rings is 2. The summed E-state index contributed by atoms with van der Waals surface area (Å²) in [5.41, 5.74) is 6.19. The first-order chi connectivity index (χ1) is 34.8. The lowest BCUT2D eigenvalue weighted by Gasteiger charge is -2.30. The molecule has 16 nitrogen and oxygen atoms in total. The molecule has 4 aromatic carbocycles. The van der Waals surface area contributed by atoms with Crippen molar-refractivity contribution in [2.75, 3.05) is 27.3 Å². The number of benzene rings is 4. The highest BCUT2D eigenvalue weighted by atomic mass is 16.5. The minimum Gasteiger partial charge on any atom is -0.453 e. The van der Waals surface area contributed by atoms with Crippen LogP contribution >= 0.6 is 0 Å². The summed E-state index contributed by atoms with van der Waals surface area (Å²) in [6, 6.07) is 32.1. The standard InChI is InChI=1S/C56H62N8O8/c1-35(2)49(59-55(69)71-5)53(67)61-29-13-19-43(61)51-57-33-45(63(51)47(65)31-37-15-9-7-10-16-37)41-25-21-39(22-26-41)40-23-27-42(28-24-40)46-34-58-52(64(46)48(66)32-38-17-11-8-12-18-38)44-20-14-30-62(44)54(68)50(36(3)4)60-56(70)72-6/h7-12,15-18,21-28,33-36,43-44,49-50H,13-14,19-20,29-32H2,1-6H3,(H,59,69)(H,60,70)/t43-,44-,49+,50+/m1/s1. The maximum atomic E-state index is 14.4. The zero-order chi connectivity index (χ0) is 51.1. The Hall–Kier alpha value is -7.88. The Morgan fingerprint density at radius 3 is 1.21 bits per heavy atom. The van der Waals surface area contributed by atoms with E-state index in [1.807, 2.05) is 137 Å². The fraction of sp³-hybridized carbons (Fsp3) is 0.357. The van der Waals surface area contributed by atoms with E-state index in [0.29, 0.717) is 61.8 Å². The van der Waals surface area contributed by atoms with Crippen LogP contribution in [-0.4, -0.2) is 104 Å². The quantitative estimate of drug-likeness (QED) is 0.101. The van der Waals surface area contributed by atoms with Gasteiger partial charge < -0.3 is 29.9 Å². The monoisotopic (exact) mass is 974 g/mol. The van der Waals surface area contributed by atoms with Crippen molar-refractivity contribution in [1.29, 1.82) is 0 Å². The Kier molecular flexibility index (Phi) is 15.8. The summed E-state index contributed by atoms with van der Waals surface area (Å²) in [4.78, 5) is 94.8. The minimum absolute atomic E-state index is 0.114. The molecule has 0 aliphatic carbocycles. The van der Waals surface area contributed by atoms with E-state index in [4.69, 9.17) is 19.4 Å². The Labute approximate surface area is 419 Å². The van der Waals surface area contributed by atoms with E-state index >= 15 is 0 Å². The molecule has 16 heteroatoms. The molecule has 2 saturated heterocycles. The number of carbonyl (C=O) groups excluding carboxylic acids is 6. The molecule has 0 unspecified atom stereocenters. The number of aromatic nitrogens is 4. The first-order valence-corrected chi connectivity index (χ1v) is 24.6. The second-order valence-corrected chi connectivity index (χ2v) is 19.0. The lowest BCUT2D eigenvalue weighted by molar-refractivity contribution is -0.136. The molecule has 2 aliphatic rings. The van der Waals surface area contributed by atoms with Crippen molar-refractivity contribution in [2.24, 2.45) is 11.8 Å². The predicted molar refractivity (Wildman–Crippen MR) is 272 cm³/mol. The smallest absolute Gasteiger partial charge is 0.407 e. The fourth-order valence-electron chi connectivity index (χ4n) is 9.85. The number of likely N-dealkylation sites (tertiary alicyclic amines) is 2. The predicted octanol–water partition coefficient (Wildman–Crippen LogP) is 8.93. The normalized spacial score (nSPS) is 16.4. The van der Waals surface area contributed by atoms with Crippen molar-refractivity contribution in [2.45, 2.75) is 90.4 Å². The molecule has 2 aromatic heterocycles. The summed E-state index contributed by atoms with van der Waals surface area (Å²) in [7, 11) is 2.52. The van der Waals surface area contributed by atoms with Crippen LogP contribution < -0.4 is 10.6 Å². The number of nitrogens with zero attached hydrogens (tertiary/aromatic N) is 6. The highest BCUT2D eigenvalue weighted by molar-refractivity contribution is 5.90. The molecule has 2 N–H and O–H groups in total. The maximum Gasteiger partial charge on any atom is 0.407 e. The molecular formula is C56H62N8O8. The van der Waals surface area contributed by atoms with E-state index in [2.05, 4.69) is 10.6 Å². The molecule has 374 valence electrons. The largest absolute Gasteiger partial charge is 0.453 e. The third-order valence-corrected chi connectivity index (χ3v) is 13.6. The zero-order valence-corrected chi connectivity index (χ0v) is 41.6. The van der Waals surface area contributed by atoms with Gasteiger partial charge in [-0.2, -0.15) is 0 Å². The number of methoxy groups -OCH3 is 2. The van der Waals surface area contributed by atoms with Crippen LogP contribution in [0.4, 0.5) is 9.59 Å². The average molecular weight is 975 g/mol. The fourth-order valence-corrected chi connectivity index (χ4v) is 9.85. The number of rotatable bonds is 15. The number of hydrogen-bond acceptors (Lipinski definition) is 10. The minimum atomic E-state index is -0.827. The first-order valence-electron chi connectivity index (χ1n) is 24.6. The van der Waals surface area contributed by atoms with Gasteiger partial charge in [-0.1, -0.05) is 137 Å². The van der Waals surface area contributed by atoms with Gasteiger partial charge in [0.25, 0.3) is 0 Å². The molecule has 0 saturated carbocycles. The third kappa shape index (κ3) is 10.9. The van der Waals surface area contributed by atoms with E-state index in [9.17, 15) is 28.8 Å².